The van der Waals surface area contributed by atoms with Crippen LogP contribution in [-0.4, -0.2) is 65.5 Å². The molecule has 3 heterocycles. The van der Waals surface area contributed by atoms with E-state index in [0.29, 0.717) is 39.2 Å². The molecule has 2 amide bonds. The molecule has 1 aromatic carbocycles. The molecule has 0 saturated carbocycles. The van der Waals surface area contributed by atoms with E-state index in [-0.39, 0.29) is 17.9 Å². The Kier molecular flexibility index (Phi) is 4.93. The maximum Gasteiger partial charge on any atom is 0.251 e. The zero-order chi connectivity index (χ0) is 17.9. The second kappa shape index (κ2) is 7.50. The minimum Gasteiger partial charge on any atom is -0.368 e. The van der Waals surface area contributed by atoms with Crippen molar-refractivity contribution >= 4 is 22.7 Å². The SMILES string of the molecule is O=C(CCc1c[nH]c2ccccc12)N1CCN(C(=O)[C@@H]2CCCO2)CC1. The van der Waals surface area contributed by atoms with Gasteiger partial charge in [-0.2, -0.15) is 0 Å². The van der Waals surface area contributed by atoms with Gasteiger partial charge in [0, 0.05) is 56.3 Å². The maximum absolute atomic E-state index is 12.5. The van der Waals surface area contributed by atoms with E-state index in [9.17, 15) is 9.59 Å². The number of rotatable bonds is 4. The van der Waals surface area contributed by atoms with Crippen molar-refractivity contribution in [3.05, 3.63) is 36.0 Å². The van der Waals surface area contributed by atoms with Crippen molar-refractivity contribution in [3.63, 3.8) is 0 Å². The zero-order valence-electron chi connectivity index (χ0n) is 14.9. The van der Waals surface area contributed by atoms with E-state index in [1.54, 1.807) is 0 Å². The second-order valence-corrected chi connectivity index (χ2v) is 7.07. The average molecular weight is 355 g/mol. The van der Waals surface area contributed by atoms with Gasteiger partial charge in [-0.05, 0) is 30.9 Å². The van der Waals surface area contributed by atoms with Gasteiger partial charge in [0.25, 0.3) is 5.91 Å². The van der Waals surface area contributed by atoms with Crippen LogP contribution in [0.15, 0.2) is 30.5 Å². The van der Waals surface area contributed by atoms with Crippen molar-refractivity contribution in [1.29, 1.82) is 0 Å². The van der Waals surface area contributed by atoms with Crippen LogP contribution >= 0.6 is 0 Å². The third kappa shape index (κ3) is 3.46. The van der Waals surface area contributed by atoms with Gasteiger partial charge in [-0.1, -0.05) is 18.2 Å². The highest BCUT2D eigenvalue weighted by molar-refractivity contribution is 5.84. The Morgan fingerprint density at radius 3 is 2.65 bits per heavy atom. The fourth-order valence-electron chi connectivity index (χ4n) is 3.89. The van der Waals surface area contributed by atoms with Crippen LogP contribution in [0.3, 0.4) is 0 Å². The van der Waals surface area contributed by atoms with E-state index in [4.69, 9.17) is 4.74 Å². The quantitative estimate of drug-likeness (QED) is 0.912. The number of aryl methyl sites for hydroxylation is 1. The lowest BCUT2D eigenvalue weighted by Crippen LogP contribution is -2.52. The Labute approximate surface area is 153 Å². The zero-order valence-corrected chi connectivity index (χ0v) is 14.9. The summed E-state index contributed by atoms with van der Waals surface area (Å²) in [4.78, 5) is 31.9. The number of ether oxygens (including phenoxy) is 1. The average Bonchev–Trinajstić information content (AvgIpc) is 3.36. The number of aromatic amines is 1. The fraction of sp³-hybridized carbons (Fsp3) is 0.500. The summed E-state index contributed by atoms with van der Waals surface area (Å²) in [5.41, 5.74) is 2.29. The normalized spacial score (nSPS) is 20.7. The Hall–Kier alpha value is -2.34. The smallest absolute Gasteiger partial charge is 0.251 e. The van der Waals surface area contributed by atoms with Gasteiger partial charge in [0.1, 0.15) is 6.10 Å². The van der Waals surface area contributed by atoms with Crippen LogP contribution in [0.4, 0.5) is 0 Å². The van der Waals surface area contributed by atoms with Crippen LogP contribution in [0.1, 0.15) is 24.8 Å². The molecular formula is C20H25N3O3. The van der Waals surface area contributed by atoms with E-state index in [1.165, 1.54) is 10.9 Å². The molecule has 4 rings (SSSR count). The highest BCUT2D eigenvalue weighted by Gasteiger charge is 2.31. The standard InChI is InChI=1S/C20H25N3O3/c24-19(8-7-15-14-21-17-5-2-1-4-16(15)17)22-9-11-23(12-10-22)20(25)18-6-3-13-26-18/h1-2,4-5,14,18,21H,3,6-13H2/t18-/m0/s1. The van der Waals surface area contributed by atoms with Gasteiger partial charge in [0.2, 0.25) is 5.91 Å². The minimum absolute atomic E-state index is 0.0911. The van der Waals surface area contributed by atoms with Crippen LogP contribution < -0.4 is 0 Å². The van der Waals surface area contributed by atoms with Gasteiger partial charge >= 0.3 is 0 Å². The molecule has 0 radical (unpaired) electrons. The Bertz CT molecular complexity index is 786. The summed E-state index contributed by atoms with van der Waals surface area (Å²) in [6.45, 7) is 3.13. The van der Waals surface area contributed by atoms with E-state index in [2.05, 4.69) is 11.1 Å². The number of para-hydroxylation sites is 1. The van der Waals surface area contributed by atoms with Crippen molar-refractivity contribution in [2.45, 2.75) is 31.8 Å². The summed E-state index contributed by atoms with van der Waals surface area (Å²) in [7, 11) is 0. The van der Waals surface area contributed by atoms with Crippen LogP contribution in [0.5, 0.6) is 0 Å². The fourth-order valence-corrected chi connectivity index (χ4v) is 3.89. The van der Waals surface area contributed by atoms with Gasteiger partial charge in [-0.15, -0.1) is 0 Å². The molecule has 26 heavy (non-hydrogen) atoms. The number of amides is 2. The van der Waals surface area contributed by atoms with E-state index in [1.807, 2.05) is 34.2 Å². The molecule has 2 aliphatic rings. The highest BCUT2D eigenvalue weighted by atomic mass is 16.5. The number of carbonyl (C=O) groups excluding carboxylic acids is 2. The first-order chi connectivity index (χ1) is 12.7. The molecule has 0 unspecified atom stereocenters. The molecule has 0 spiro atoms. The van der Waals surface area contributed by atoms with Crippen molar-refractivity contribution in [2.75, 3.05) is 32.8 Å². The summed E-state index contributed by atoms with van der Waals surface area (Å²) in [5.74, 6) is 0.257. The molecule has 2 aliphatic heterocycles. The Morgan fingerprint density at radius 1 is 1.12 bits per heavy atom. The van der Waals surface area contributed by atoms with Gasteiger partial charge < -0.3 is 19.5 Å². The Balaban J connectivity index is 1.27. The van der Waals surface area contributed by atoms with E-state index in [0.717, 1.165) is 24.8 Å². The molecule has 1 N–H and O–H groups in total. The number of benzene rings is 1. The number of hydrogen-bond donors (Lipinski definition) is 1. The van der Waals surface area contributed by atoms with Crippen LogP contribution in [0.2, 0.25) is 0 Å². The summed E-state index contributed by atoms with van der Waals surface area (Å²) in [6.07, 6.45) is 4.75. The van der Waals surface area contributed by atoms with Crippen LogP contribution in [-0.2, 0) is 20.7 Å². The molecule has 6 heteroatoms. The van der Waals surface area contributed by atoms with Gasteiger partial charge in [0.05, 0.1) is 0 Å². The lowest BCUT2D eigenvalue weighted by atomic mass is 10.1. The van der Waals surface area contributed by atoms with Crippen molar-refractivity contribution in [3.8, 4) is 0 Å². The number of nitrogens with zero attached hydrogens (tertiary/aromatic N) is 2. The maximum atomic E-state index is 12.5. The summed E-state index contributed by atoms with van der Waals surface area (Å²) < 4.78 is 5.48. The van der Waals surface area contributed by atoms with Crippen molar-refractivity contribution < 1.29 is 14.3 Å². The number of aromatic nitrogens is 1. The predicted molar refractivity (Wildman–Crippen MR) is 98.8 cm³/mol. The number of fused-ring (bicyclic) bond motifs is 1. The monoisotopic (exact) mass is 355 g/mol. The minimum atomic E-state index is -0.265. The molecule has 6 nitrogen and oxygen atoms in total. The molecule has 2 aromatic rings. The lowest BCUT2D eigenvalue weighted by Gasteiger charge is -2.35. The largest absolute Gasteiger partial charge is 0.368 e. The highest BCUT2D eigenvalue weighted by Crippen LogP contribution is 2.20. The van der Waals surface area contributed by atoms with Crippen molar-refractivity contribution in [2.24, 2.45) is 0 Å². The van der Waals surface area contributed by atoms with Gasteiger partial charge in [-0.25, -0.2) is 0 Å². The molecule has 2 saturated heterocycles. The lowest BCUT2D eigenvalue weighted by molar-refractivity contribution is -0.146. The van der Waals surface area contributed by atoms with E-state index < -0.39 is 0 Å². The van der Waals surface area contributed by atoms with Crippen molar-refractivity contribution in [1.82, 2.24) is 14.8 Å². The number of piperazine rings is 1. The van der Waals surface area contributed by atoms with Crippen LogP contribution in [0, 0.1) is 0 Å². The molecule has 138 valence electrons. The predicted octanol–water partition coefficient (Wildman–Crippen LogP) is 1.95. The third-order valence-electron chi connectivity index (χ3n) is 5.43. The Morgan fingerprint density at radius 2 is 1.88 bits per heavy atom. The first kappa shape index (κ1) is 17.1. The summed E-state index contributed by atoms with van der Waals surface area (Å²) >= 11 is 0. The first-order valence-electron chi connectivity index (χ1n) is 9.45. The number of hydrogen-bond acceptors (Lipinski definition) is 3. The molecule has 0 aliphatic carbocycles. The van der Waals surface area contributed by atoms with Gasteiger partial charge in [-0.3, -0.25) is 9.59 Å². The van der Waals surface area contributed by atoms with Gasteiger partial charge in [0.15, 0.2) is 0 Å². The third-order valence-corrected chi connectivity index (χ3v) is 5.43. The number of nitrogens with one attached hydrogen (secondary N) is 1. The first-order valence-corrected chi connectivity index (χ1v) is 9.45. The topological polar surface area (TPSA) is 65.6 Å². The summed E-state index contributed by atoms with van der Waals surface area (Å²) in [6, 6.07) is 8.16. The molecular weight excluding hydrogens is 330 g/mol. The van der Waals surface area contributed by atoms with E-state index >= 15 is 0 Å². The molecule has 1 atom stereocenters. The number of H-pyrrole nitrogens is 1. The second-order valence-electron chi connectivity index (χ2n) is 7.07. The summed E-state index contributed by atoms with van der Waals surface area (Å²) in [5, 5.41) is 1.19. The number of carbonyl (C=O) groups is 2. The molecule has 1 aromatic heterocycles. The molecule has 0 bridgehead atoms. The molecule has 2 fully saturated rings. The van der Waals surface area contributed by atoms with Crippen LogP contribution in [0.25, 0.3) is 10.9 Å².